The third-order valence-corrected chi connectivity index (χ3v) is 16.1. The number of aryl methyl sites for hydroxylation is 1. The fourth-order valence-corrected chi connectivity index (χ4v) is 13.7. The first kappa shape index (κ1) is 42.8. The molecule has 5 aliphatic heterocycles. The molecular formula is C48H62N4O10. The molecule has 1 aliphatic carbocycles. The van der Waals surface area contributed by atoms with E-state index in [0.29, 0.717) is 88.2 Å². The number of aromatic amines is 1. The minimum absolute atomic E-state index is 0.127. The van der Waals surface area contributed by atoms with Crippen LogP contribution in [0.2, 0.25) is 0 Å². The van der Waals surface area contributed by atoms with Gasteiger partial charge in [-0.15, -0.1) is 0 Å². The second-order valence-electron chi connectivity index (χ2n) is 18.8. The van der Waals surface area contributed by atoms with E-state index in [-0.39, 0.29) is 12.0 Å². The van der Waals surface area contributed by atoms with Gasteiger partial charge in [0.25, 0.3) is 0 Å². The van der Waals surface area contributed by atoms with Gasteiger partial charge in [-0.1, -0.05) is 39.0 Å². The lowest BCUT2D eigenvalue weighted by Gasteiger charge is -2.63. The summed E-state index contributed by atoms with van der Waals surface area (Å²) in [4.78, 5) is 57.8. The Labute approximate surface area is 363 Å². The number of ether oxygens (including phenoxy) is 4. The van der Waals surface area contributed by atoms with Crippen LogP contribution in [0.25, 0.3) is 10.9 Å². The van der Waals surface area contributed by atoms with Gasteiger partial charge in [-0.3, -0.25) is 24.2 Å². The average Bonchev–Trinajstić information content (AvgIpc) is 3.95. The van der Waals surface area contributed by atoms with Crippen LogP contribution in [-0.2, 0) is 57.1 Å². The van der Waals surface area contributed by atoms with Crippen LogP contribution in [0.1, 0.15) is 87.7 Å². The Morgan fingerprint density at radius 1 is 0.919 bits per heavy atom. The molecule has 3 aromatic rings. The number of rotatable bonds is 9. The number of nitrogens with one attached hydrogen (secondary N) is 1. The second-order valence-corrected chi connectivity index (χ2v) is 18.8. The summed E-state index contributed by atoms with van der Waals surface area (Å²) in [6.45, 7) is 10.6. The highest BCUT2D eigenvalue weighted by Gasteiger charge is 2.81. The van der Waals surface area contributed by atoms with E-state index in [4.69, 9.17) is 23.8 Å². The van der Waals surface area contributed by atoms with E-state index in [9.17, 15) is 19.8 Å². The molecule has 1 aromatic heterocycles. The van der Waals surface area contributed by atoms with Crippen molar-refractivity contribution < 1.29 is 48.4 Å². The number of aromatic nitrogens is 1. The number of piperidine rings is 1. The average molecular weight is 855 g/mol. The summed E-state index contributed by atoms with van der Waals surface area (Å²) < 4.78 is 24.0. The highest BCUT2D eigenvalue weighted by atomic mass is 16.7. The number of carbonyl (C=O) groups is 3. The van der Waals surface area contributed by atoms with Crippen LogP contribution in [0.15, 0.2) is 42.5 Å². The van der Waals surface area contributed by atoms with Crippen molar-refractivity contribution >= 4 is 34.5 Å². The largest absolute Gasteiger partial charge is 0.496 e. The lowest BCUT2D eigenvalue weighted by atomic mass is 9.47. The Morgan fingerprint density at radius 3 is 2.35 bits per heavy atom. The maximum atomic E-state index is 15.5. The van der Waals surface area contributed by atoms with Gasteiger partial charge < -0.3 is 34.1 Å². The van der Waals surface area contributed by atoms with Gasteiger partial charge in [-0.05, 0) is 92.3 Å². The van der Waals surface area contributed by atoms with Gasteiger partial charge in [0.2, 0.25) is 5.60 Å². The molecule has 0 radical (unpaired) electrons. The Hall–Kier alpha value is -4.47. The molecule has 2 bridgehead atoms. The van der Waals surface area contributed by atoms with E-state index in [2.05, 4.69) is 46.0 Å². The number of benzene rings is 2. The van der Waals surface area contributed by atoms with Crippen molar-refractivity contribution in [2.45, 2.75) is 113 Å². The maximum Gasteiger partial charge on any atom is 0.344 e. The van der Waals surface area contributed by atoms with Gasteiger partial charge in [0, 0.05) is 78.2 Å². The first-order valence-electron chi connectivity index (χ1n) is 22.3. The Balaban J connectivity index is 1.38. The van der Waals surface area contributed by atoms with Crippen LogP contribution >= 0.6 is 0 Å². The molecule has 62 heavy (non-hydrogen) atoms. The molecule has 3 N–H and O–H groups in total. The van der Waals surface area contributed by atoms with Crippen LogP contribution in [0.3, 0.4) is 0 Å². The normalized spacial score (nSPS) is 35.8. The first-order chi connectivity index (χ1) is 29.7. The van der Waals surface area contributed by atoms with Gasteiger partial charge in [0.1, 0.15) is 17.2 Å². The van der Waals surface area contributed by atoms with Crippen molar-refractivity contribution in [2.75, 3.05) is 66.2 Å². The molecule has 2 saturated heterocycles. The number of hydrogen-bond donors (Lipinski definition) is 3. The van der Waals surface area contributed by atoms with Crippen LogP contribution in [0.4, 0.5) is 5.69 Å². The minimum Gasteiger partial charge on any atom is -0.496 e. The Kier molecular flexibility index (Phi) is 10.4. The lowest BCUT2D eigenvalue weighted by Crippen LogP contribution is -2.81. The zero-order chi connectivity index (χ0) is 44.1. The van der Waals surface area contributed by atoms with Crippen LogP contribution < -0.4 is 9.80 Å². The number of H-pyrrole nitrogens is 1. The van der Waals surface area contributed by atoms with Crippen molar-refractivity contribution in [1.82, 2.24) is 14.8 Å². The molecule has 1 unspecified atom stereocenters. The topological polar surface area (TPSA) is 163 Å². The molecule has 1 spiro atoms. The monoisotopic (exact) mass is 854 g/mol. The summed E-state index contributed by atoms with van der Waals surface area (Å²) in [6.07, 6.45) is 6.47. The molecule has 0 amide bonds. The van der Waals surface area contributed by atoms with Gasteiger partial charge in [0.15, 0.2) is 6.10 Å². The van der Waals surface area contributed by atoms with E-state index in [0.717, 1.165) is 34.1 Å². The van der Waals surface area contributed by atoms with E-state index in [1.54, 1.807) is 12.2 Å². The molecular weight excluding hydrogens is 793 g/mol. The summed E-state index contributed by atoms with van der Waals surface area (Å²) in [5.74, 6) is -1.78. The molecule has 10 atom stereocenters. The standard InChI is InChI=1S/C48H62N4O10/c1-9-29-13-14-35-32(21-29)31-15-19-50-26-30(24-44(56,10-2)27-50)25-47(38(31)49-35,42(54)59-6)34-22-33-36(23-37(34)58-5)52(61-8)40-46(33)17-20-51-18-12-16-45(11-3,39(46)51)41(62-28(4)53)48(40,57)43(55)60-7/h12-14,16,21-23,30,39-41,49,56-57H,9-11,15,17-20,24-27H2,1-8H3/t30-,39+,40-,41-,44+,45-,46-,47+,48+/m1/s1. The number of aliphatic hydroxyl groups is 2. The third kappa shape index (κ3) is 5.61. The molecule has 6 heterocycles. The number of hydrogen-bond acceptors (Lipinski definition) is 13. The maximum absolute atomic E-state index is 15.5. The fraction of sp³-hybridized carbons (Fsp3) is 0.604. The van der Waals surface area contributed by atoms with Crippen molar-refractivity contribution in [1.29, 1.82) is 0 Å². The van der Waals surface area contributed by atoms with Crippen molar-refractivity contribution in [3.8, 4) is 5.75 Å². The zero-order valence-electron chi connectivity index (χ0n) is 37.3. The molecule has 14 nitrogen and oxygen atoms in total. The fourth-order valence-electron chi connectivity index (χ4n) is 13.7. The molecule has 6 aliphatic rings. The van der Waals surface area contributed by atoms with Gasteiger partial charge in [-0.25, -0.2) is 9.86 Å². The van der Waals surface area contributed by atoms with E-state index >= 15 is 4.79 Å². The zero-order valence-corrected chi connectivity index (χ0v) is 37.3. The molecule has 2 aromatic carbocycles. The number of carbonyl (C=O) groups excluding carboxylic acids is 3. The van der Waals surface area contributed by atoms with Gasteiger partial charge in [0.05, 0.1) is 39.7 Å². The third-order valence-electron chi connectivity index (χ3n) is 16.1. The quantitative estimate of drug-likeness (QED) is 0.157. The summed E-state index contributed by atoms with van der Waals surface area (Å²) in [5.41, 5.74) is -1.19. The van der Waals surface area contributed by atoms with E-state index in [1.165, 1.54) is 33.8 Å². The summed E-state index contributed by atoms with van der Waals surface area (Å²) in [5, 5.41) is 28.1. The SMILES string of the molecule is CCc1ccc2[nH]c3c(c2c1)CCN1C[C@H](C[C@@](O)(CC)C1)C[C@]3(C(=O)OC)c1cc2c(cc1OC)N(OC)[C@H]1[C@@](O)(C(=O)OC)[C@H](OC(C)=O)[C@]3(CC)C=CCN4CC[C@]21[C@@H]43. The number of esters is 3. The Bertz CT molecular complexity index is 2350. The number of fused-ring (bicyclic) bond motifs is 6. The van der Waals surface area contributed by atoms with Crippen molar-refractivity contribution in [3.63, 3.8) is 0 Å². The first-order valence-corrected chi connectivity index (χ1v) is 22.3. The van der Waals surface area contributed by atoms with Crippen LogP contribution in [0, 0.1) is 11.3 Å². The minimum atomic E-state index is -2.43. The summed E-state index contributed by atoms with van der Waals surface area (Å²) >= 11 is 0. The molecule has 9 rings (SSSR count). The smallest absolute Gasteiger partial charge is 0.344 e. The summed E-state index contributed by atoms with van der Waals surface area (Å²) in [6, 6.07) is 8.82. The Morgan fingerprint density at radius 2 is 1.69 bits per heavy atom. The van der Waals surface area contributed by atoms with E-state index < -0.39 is 57.5 Å². The summed E-state index contributed by atoms with van der Waals surface area (Å²) in [7, 11) is 5.73. The number of nitrogens with zero attached hydrogens (tertiary/aromatic N) is 3. The van der Waals surface area contributed by atoms with Crippen molar-refractivity contribution in [3.05, 3.63) is 70.4 Å². The highest BCUT2D eigenvalue weighted by Crippen LogP contribution is 2.68. The number of hydroxylamine groups is 1. The van der Waals surface area contributed by atoms with Crippen LogP contribution in [0.5, 0.6) is 5.75 Å². The number of anilines is 1. The van der Waals surface area contributed by atoms with Crippen LogP contribution in [-0.4, -0.2) is 133 Å². The molecule has 1 saturated carbocycles. The van der Waals surface area contributed by atoms with E-state index in [1.807, 2.05) is 32.1 Å². The lowest BCUT2D eigenvalue weighted by molar-refractivity contribution is -0.234. The second kappa shape index (κ2) is 15.1. The van der Waals surface area contributed by atoms with Gasteiger partial charge >= 0.3 is 17.9 Å². The predicted molar refractivity (Wildman–Crippen MR) is 231 cm³/mol. The molecule has 3 fully saturated rings. The van der Waals surface area contributed by atoms with Gasteiger partial charge in [-0.2, -0.15) is 0 Å². The predicted octanol–water partition coefficient (Wildman–Crippen LogP) is 4.48. The number of methoxy groups -OCH3 is 3. The molecule has 14 heteroatoms. The highest BCUT2D eigenvalue weighted by molar-refractivity contribution is 5.95. The van der Waals surface area contributed by atoms with Crippen molar-refractivity contribution in [2.24, 2.45) is 11.3 Å². The molecule has 334 valence electrons.